The summed E-state index contributed by atoms with van der Waals surface area (Å²) in [6.07, 6.45) is 3.44. The lowest BCUT2D eigenvalue weighted by molar-refractivity contribution is -0.135. The van der Waals surface area contributed by atoms with Crippen LogP contribution in [-0.4, -0.2) is 47.9 Å². The third kappa shape index (κ3) is 4.98. The van der Waals surface area contributed by atoms with Crippen molar-refractivity contribution >= 4 is 35.0 Å². The van der Waals surface area contributed by atoms with Gasteiger partial charge in [-0.05, 0) is 50.1 Å². The Morgan fingerprint density at radius 1 is 1.15 bits per heavy atom. The van der Waals surface area contributed by atoms with Crippen molar-refractivity contribution in [1.82, 2.24) is 10.2 Å². The number of halogens is 1. The number of hydrogen-bond acceptors (Lipinski definition) is 4. The van der Waals surface area contributed by atoms with Gasteiger partial charge in [-0.2, -0.15) is 0 Å². The minimum atomic E-state index is -0.900. The van der Waals surface area contributed by atoms with Crippen molar-refractivity contribution in [2.45, 2.75) is 57.2 Å². The SMILES string of the molecule is COc1ccc(Cl)cc1NC(=O)C[C@H]1C(=O)N[C@@H]2CCCC[C@H]2N1C(=O)c1ccc(C)cc1. The highest BCUT2D eigenvalue weighted by atomic mass is 35.5. The molecule has 174 valence electrons. The lowest BCUT2D eigenvalue weighted by Gasteiger charge is -2.48. The van der Waals surface area contributed by atoms with Gasteiger partial charge in [-0.25, -0.2) is 0 Å². The molecular weight excluding hydrogens is 442 g/mol. The van der Waals surface area contributed by atoms with E-state index in [4.69, 9.17) is 16.3 Å². The van der Waals surface area contributed by atoms with Crippen LogP contribution in [0.3, 0.4) is 0 Å². The molecule has 2 aliphatic rings. The number of ether oxygens (including phenoxy) is 1. The zero-order valence-electron chi connectivity index (χ0n) is 18.8. The van der Waals surface area contributed by atoms with Gasteiger partial charge in [0.1, 0.15) is 11.8 Å². The number of nitrogens with one attached hydrogen (secondary N) is 2. The van der Waals surface area contributed by atoms with Gasteiger partial charge in [-0.3, -0.25) is 14.4 Å². The van der Waals surface area contributed by atoms with Crippen LogP contribution in [0, 0.1) is 6.92 Å². The highest BCUT2D eigenvalue weighted by molar-refractivity contribution is 6.31. The average Bonchev–Trinajstić information content (AvgIpc) is 2.80. The van der Waals surface area contributed by atoms with Gasteiger partial charge in [0.05, 0.1) is 25.3 Å². The first-order valence-corrected chi connectivity index (χ1v) is 11.6. The quantitative estimate of drug-likeness (QED) is 0.694. The first-order valence-electron chi connectivity index (χ1n) is 11.2. The molecule has 7 nitrogen and oxygen atoms in total. The third-order valence-corrected chi connectivity index (χ3v) is 6.64. The first kappa shape index (κ1) is 23.1. The van der Waals surface area contributed by atoms with Crippen molar-refractivity contribution in [2.24, 2.45) is 0 Å². The zero-order valence-corrected chi connectivity index (χ0v) is 19.5. The fourth-order valence-corrected chi connectivity index (χ4v) is 4.90. The predicted octanol–water partition coefficient (Wildman–Crippen LogP) is 3.94. The molecule has 1 saturated carbocycles. The Hall–Kier alpha value is -3.06. The molecule has 1 aliphatic carbocycles. The van der Waals surface area contributed by atoms with Gasteiger partial charge in [0.15, 0.2) is 0 Å². The molecular formula is C25H28ClN3O4. The molecule has 3 amide bonds. The normalized spacial score (nSPS) is 22.2. The highest BCUT2D eigenvalue weighted by Crippen LogP contribution is 2.32. The largest absolute Gasteiger partial charge is 0.495 e. The Bertz CT molecular complexity index is 1060. The summed E-state index contributed by atoms with van der Waals surface area (Å²) in [6.45, 7) is 1.96. The standard InChI is InChI=1S/C25H28ClN3O4/c1-15-7-9-16(10-8-15)25(32)29-20-6-4-3-5-18(20)28-24(31)21(29)14-23(30)27-19-13-17(26)11-12-22(19)33-2/h7-13,18,20-21H,3-6,14H2,1-2H3,(H,27,30)(H,28,31)/t18-,20-,21+/m1/s1. The van der Waals surface area contributed by atoms with Gasteiger partial charge < -0.3 is 20.3 Å². The molecule has 8 heteroatoms. The number of carbonyl (C=O) groups is 3. The van der Waals surface area contributed by atoms with Crippen LogP contribution in [0.5, 0.6) is 5.75 Å². The van der Waals surface area contributed by atoms with Crippen LogP contribution in [0.15, 0.2) is 42.5 Å². The van der Waals surface area contributed by atoms with Crippen LogP contribution in [0.4, 0.5) is 5.69 Å². The summed E-state index contributed by atoms with van der Waals surface area (Å²) in [4.78, 5) is 41.3. The molecule has 0 radical (unpaired) electrons. The summed E-state index contributed by atoms with van der Waals surface area (Å²) in [6, 6.07) is 11.1. The summed E-state index contributed by atoms with van der Waals surface area (Å²) < 4.78 is 5.29. The maximum absolute atomic E-state index is 13.6. The summed E-state index contributed by atoms with van der Waals surface area (Å²) in [5.41, 5.74) is 1.98. The van der Waals surface area contributed by atoms with Crippen LogP contribution in [0.2, 0.25) is 5.02 Å². The molecule has 0 unspecified atom stereocenters. The van der Waals surface area contributed by atoms with E-state index in [0.717, 1.165) is 31.2 Å². The van der Waals surface area contributed by atoms with Crippen molar-refractivity contribution in [3.8, 4) is 5.75 Å². The second-order valence-corrected chi connectivity index (χ2v) is 9.09. The lowest BCUT2D eigenvalue weighted by Crippen LogP contribution is -2.68. The molecule has 1 aliphatic heterocycles. The second-order valence-electron chi connectivity index (χ2n) is 8.66. The van der Waals surface area contributed by atoms with Gasteiger partial charge in [-0.15, -0.1) is 0 Å². The molecule has 4 rings (SSSR count). The van der Waals surface area contributed by atoms with E-state index in [1.165, 1.54) is 7.11 Å². The molecule has 2 fully saturated rings. The molecule has 0 aromatic heterocycles. The minimum Gasteiger partial charge on any atom is -0.495 e. The summed E-state index contributed by atoms with van der Waals surface area (Å²) >= 11 is 6.07. The van der Waals surface area contributed by atoms with Crippen molar-refractivity contribution in [3.05, 3.63) is 58.6 Å². The maximum atomic E-state index is 13.6. The smallest absolute Gasteiger partial charge is 0.254 e. The average molecular weight is 470 g/mol. The number of hydrogen-bond donors (Lipinski definition) is 2. The number of carbonyl (C=O) groups excluding carboxylic acids is 3. The number of nitrogens with zero attached hydrogens (tertiary/aromatic N) is 1. The second kappa shape index (κ2) is 9.83. The number of aryl methyl sites for hydroxylation is 1. The molecule has 33 heavy (non-hydrogen) atoms. The number of amides is 3. The Kier molecular flexibility index (Phi) is 6.88. The summed E-state index contributed by atoms with van der Waals surface area (Å²) in [5.74, 6) is -0.459. The Morgan fingerprint density at radius 2 is 1.88 bits per heavy atom. The van der Waals surface area contributed by atoms with E-state index in [9.17, 15) is 14.4 Å². The van der Waals surface area contributed by atoms with E-state index in [1.54, 1.807) is 35.2 Å². The van der Waals surface area contributed by atoms with Crippen LogP contribution < -0.4 is 15.4 Å². The molecule has 3 atom stereocenters. The van der Waals surface area contributed by atoms with E-state index >= 15 is 0 Å². The number of anilines is 1. The predicted molar refractivity (Wildman–Crippen MR) is 127 cm³/mol. The van der Waals surface area contributed by atoms with E-state index < -0.39 is 11.9 Å². The molecule has 0 spiro atoms. The molecule has 1 saturated heterocycles. The first-order chi connectivity index (χ1) is 15.9. The molecule has 2 aromatic carbocycles. The lowest BCUT2D eigenvalue weighted by atomic mass is 9.84. The van der Waals surface area contributed by atoms with E-state index in [2.05, 4.69) is 10.6 Å². The number of benzene rings is 2. The van der Waals surface area contributed by atoms with Crippen molar-refractivity contribution < 1.29 is 19.1 Å². The zero-order chi connectivity index (χ0) is 23.5. The van der Waals surface area contributed by atoms with E-state index in [0.29, 0.717) is 22.0 Å². The third-order valence-electron chi connectivity index (χ3n) is 6.40. The Labute approximate surface area is 198 Å². The highest BCUT2D eigenvalue weighted by Gasteiger charge is 2.46. The summed E-state index contributed by atoms with van der Waals surface area (Å²) in [5, 5.41) is 6.29. The van der Waals surface area contributed by atoms with Gasteiger partial charge in [-0.1, -0.05) is 42.1 Å². The van der Waals surface area contributed by atoms with Gasteiger partial charge in [0, 0.05) is 16.6 Å². The van der Waals surface area contributed by atoms with E-state index in [1.807, 2.05) is 19.1 Å². The molecule has 1 heterocycles. The van der Waals surface area contributed by atoms with Gasteiger partial charge in [0.25, 0.3) is 5.91 Å². The minimum absolute atomic E-state index is 0.0898. The Balaban J connectivity index is 1.60. The fraction of sp³-hybridized carbons (Fsp3) is 0.400. The number of rotatable bonds is 5. The number of methoxy groups -OCH3 is 1. The van der Waals surface area contributed by atoms with Crippen LogP contribution in [0.25, 0.3) is 0 Å². The van der Waals surface area contributed by atoms with Crippen LogP contribution in [-0.2, 0) is 9.59 Å². The van der Waals surface area contributed by atoms with Gasteiger partial charge >= 0.3 is 0 Å². The number of fused-ring (bicyclic) bond motifs is 1. The fourth-order valence-electron chi connectivity index (χ4n) is 4.73. The number of piperazine rings is 1. The van der Waals surface area contributed by atoms with Crippen LogP contribution >= 0.6 is 11.6 Å². The van der Waals surface area contributed by atoms with E-state index in [-0.39, 0.29) is 30.3 Å². The molecule has 2 N–H and O–H groups in total. The van der Waals surface area contributed by atoms with Crippen LogP contribution in [0.1, 0.15) is 48.0 Å². The molecule has 2 aromatic rings. The maximum Gasteiger partial charge on any atom is 0.254 e. The topological polar surface area (TPSA) is 87.7 Å². The van der Waals surface area contributed by atoms with Crippen molar-refractivity contribution in [3.63, 3.8) is 0 Å². The monoisotopic (exact) mass is 469 g/mol. The van der Waals surface area contributed by atoms with Gasteiger partial charge in [0.2, 0.25) is 11.8 Å². The summed E-state index contributed by atoms with van der Waals surface area (Å²) in [7, 11) is 1.50. The van der Waals surface area contributed by atoms with Crippen molar-refractivity contribution in [2.75, 3.05) is 12.4 Å². The van der Waals surface area contributed by atoms with Crippen molar-refractivity contribution in [1.29, 1.82) is 0 Å². The molecule has 0 bridgehead atoms. The Morgan fingerprint density at radius 3 is 2.61 bits per heavy atom.